The summed E-state index contributed by atoms with van der Waals surface area (Å²) < 4.78 is 5.81. The van der Waals surface area contributed by atoms with Crippen molar-refractivity contribution in [3.05, 3.63) is 90.1 Å². The van der Waals surface area contributed by atoms with Gasteiger partial charge in [0.2, 0.25) is 5.89 Å². The molecular formula is C24H17N3O2. The first kappa shape index (κ1) is 17.1. The highest BCUT2D eigenvalue weighted by Gasteiger charge is 2.14. The van der Waals surface area contributed by atoms with E-state index in [4.69, 9.17) is 4.42 Å². The van der Waals surface area contributed by atoms with Crippen LogP contribution < -0.4 is 5.32 Å². The number of hydrogen-bond donors (Lipinski definition) is 1. The molecule has 0 saturated heterocycles. The van der Waals surface area contributed by atoms with Gasteiger partial charge in [-0.25, -0.2) is 4.98 Å². The number of amides is 1. The van der Waals surface area contributed by atoms with Crippen molar-refractivity contribution in [3.8, 4) is 11.5 Å². The summed E-state index contributed by atoms with van der Waals surface area (Å²) in [4.78, 5) is 21.7. The standard InChI is InChI=1S/C24H17N3O2/c1-15-11-12-17(24-27-22-21(29-24)10-5-13-25-22)14-20(15)26-23(28)19-9-4-7-16-6-2-3-8-18(16)19/h2-14H,1H3,(H,26,28). The van der Waals surface area contributed by atoms with Gasteiger partial charge >= 0.3 is 0 Å². The van der Waals surface area contributed by atoms with Crippen LogP contribution in [0.3, 0.4) is 0 Å². The predicted octanol–water partition coefficient (Wildman–Crippen LogP) is 5.60. The molecule has 0 aliphatic heterocycles. The van der Waals surface area contributed by atoms with E-state index in [0.29, 0.717) is 22.7 Å². The molecule has 1 amide bonds. The van der Waals surface area contributed by atoms with E-state index >= 15 is 0 Å². The van der Waals surface area contributed by atoms with Gasteiger partial charge in [0.05, 0.1) is 0 Å². The van der Waals surface area contributed by atoms with Gasteiger partial charge in [-0.3, -0.25) is 4.79 Å². The largest absolute Gasteiger partial charge is 0.434 e. The Hall–Kier alpha value is -3.99. The van der Waals surface area contributed by atoms with E-state index in [1.807, 2.05) is 79.7 Å². The maximum absolute atomic E-state index is 13.0. The number of hydrogen-bond acceptors (Lipinski definition) is 4. The van der Waals surface area contributed by atoms with Crippen LogP contribution in [0, 0.1) is 6.92 Å². The van der Waals surface area contributed by atoms with Crippen molar-refractivity contribution in [2.75, 3.05) is 5.32 Å². The molecule has 0 radical (unpaired) electrons. The first-order valence-electron chi connectivity index (χ1n) is 9.31. The number of nitrogens with zero attached hydrogens (tertiary/aromatic N) is 2. The quantitative estimate of drug-likeness (QED) is 0.443. The van der Waals surface area contributed by atoms with Gasteiger partial charge in [0.1, 0.15) is 0 Å². The lowest BCUT2D eigenvalue weighted by Crippen LogP contribution is -2.13. The van der Waals surface area contributed by atoms with Gasteiger partial charge in [-0.05, 0) is 53.6 Å². The van der Waals surface area contributed by atoms with E-state index < -0.39 is 0 Å². The summed E-state index contributed by atoms with van der Waals surface area (Å²) in [5.74, 6) is 0.320. The van der Waals surface area contributed by atoms with Crippen molar-refractivity contribution in [2.45, 2.75) is 6.92 Å². The van der Waals surface area contributed by atoms with Crippen LogP contribution >= 0.6 is 0 Å². The molecule has 29 heavy (non-hydrogen) atoms. The van der Waals surface area contributed by atoms with Crippen LogP contribution in [0.25, 0.3) is 33.5 Å². The Morgan fingerprint density at radius 2 is 1.83 bits per heavy atom. The molecule has 5 aromatic rings. The molecule has 0 aliphatic carbocycles. The van der Waals surface area contributed by atoms with Crippen LogP contribution in [-0.2, 0) is 0 Å². The third-order valence-electron chi connectivity index (χ3n) is 4.93. The minimum atomic E-state index is -0.152. The van der Waals surface area contributed by atoms with Crippen LogP contribution in [0.15, 0.2) is 83.4 Å². The average Bonchev–Trinajstić information content (AvgIpc) is 3.19. The fourth-order valence-electron chi connectivity index (χ4n) is 3.40. The second kappa shape index (κ2) is 6.87. The summed E-state index contributed by atoms with van der Waals surface area (Å²) in [5.41, 5.74) is 4.28. The fourth-order valence-corrected chi connectivity index (χ4v) is 3.40. The lowest BCUT2D eigenvalue weighted by molar-refractivity contribution is 0.102. The van der Waals surface area contributed by atoms with Gasteiger partial charge in [0, 0.05) is 23.0 Å². The highest BCUT2D eigenvalue weighted by molar-refractivity contribution is 6.13. The van der Waals surface area contributed by atoms with Crippen molar-refractivity contribution < 1.29 is 9.21 Å². The lowest BCUT2D eigenvalue weighted by atomic mass is 10.0. The Balaban J connectivity index is 1.51. The molecule has 5 nitrogen and oxygen atoms in total. The van der Waals surface area contributed by atoms with Crippen molar-refractivity contribution in [2.24, 2.45) is 0 Å². The zero-order valence-electron chi connectivity index (χ0n) is 15.7. The molecule has 5 heteroatoms. The summed E-state index contributed by atoms with van der Waals surface area (Å²) in [5, 5.41) is 4.99. The summed E-state index contributed by atoms with van der Waals surface area (Å²) >= 11 is 0. The smallest absolute Gasteiger partial charge is 0.256 e. The van der Waals surface area contributed by atoms with E-state index in [9.17, 15) is 4.79 Å². The van der Waals surface area contributed by atoms with Gasteiger partial charge in [0.15, 0.2) is 11.2 Å². The van der Waals surface area contributed by atoms with Crippen LogP contribution in [0.2, 0.25) is 0 Å². The molecule has 1 N–H and O–H groups in total. The molecule has 0 saturated carbocycles. The van der Waals surface area contributed by atoms with Gasteiger partial charge in [-0.15, -0.1) is 0 Å². The number of fused-ring (bicyclic) bond motifs is 2. The number of carbonyl (C=O) groups excluding carboxylic acids is 1. The van der Waals surface area contributed by atoms with Crippen LogP contribution in [0.1, 0.15) is 15.9 Å². The van der Waals surface area contributed by atoms with E-state index in [-0.39, 0.29) is 5.91 Å². The molecule has 2 heterocycles. The maximum atomic E-state index is 13.0. The topological polar surface area (TPSA) is 68.0 Å². The van der Waals surface area contributed by atoms with Crippen LogP contribution in [-0.4, -0.2) is 15.9 Å². The maximum Gasteiger partial charge on any atom is 0.256 e. The molecule has 0 atom stereocenters. The van der Waals surface area contributed by atoms with Gasteiger partial charge < -0.3 is 9.73 Å². The zero-order valence-corrected chi connectivity index (χ0v) is 15.7. The van der Waals surface area contributed by atoms with Crippen molar-refractivity contribution in [1.29, 1.82) is 0 Å². The third kappa shape index (κ3) is 3.12. The summed E-state index contributed by atoms with van der Waals surface area (Å²) in [6, 6.07) is 23.0. The van der Waals surface area contributed by atoms with E-state index in [1.165, 1.54) is 0 Å². The Morgan fingerprint density at radius 1 is 0.966 bits per heavy atom. The summed E-state index contributed by atoms with van der Waals surface area (Å²) in [7, 11) is 0. The van der Waals surface area contributed by atoms with E-state index in [2.05, 4.69) is 15.3 Å². The first-order valence-corrected chi connectivity index (χ1v) is 9.31. The Labute approximate surface area is 167 Å². The summed E-state index contributed by atoms with van der Waals surface area (Å²) in [6.07, 6.45) is 1.68. The van der Waals surface area contributed by atoms with Crippen LogP contribution in [0.5, 0.6) is 0 Å². The molecule has 3 aromatic carbocycles. The molecule has 0 aliphatic rings. The molecule has 0 fully saturated rings. The number of carbonyl (C=O) groups is 1. The molecule has 0 bridgehead atoms. The van der Waals surface area contributed by atoms with Crippen molar-refractivity contribution >= 4 is 33.6 Å². The monoisotopic (exact) mass is 379 g/mol. The lowest BCUT2D eigenvalue weighted by Gasteiger charge is -2.11. The Kier molecular flexibility index (Phi) is 4.06. The first-order chi connectivity index (χ1) is 14.2. The normalized spacial score (nSPS) is 11.1. The number of aromatic nitrogens is 2. The molecule has 2 aromatic heterocycles. The van der Waals surface area contributed by atoms with Crippen molar-refractivity contribution in [3.63, 3.8) is 0 Å². The highest BCUT2D eigenvalue weighted by atomic mass is 16.3. The third-order valence-corrected chi connectivity index (χ3v) is 4.93. The van der Waals surface area contributed by atoms with Crippen LogP contribution in [0.4, 0.5) is 5.69 Å². The number of aryl methyl sites for hydroxylation is 1. The number of oxazole rings is 1. The molecule has 5 rings (SSSR count). The minimum Gasteiger partial charge on any atom is -0.434 e. The molecule has 0 spiro atoms. The van der Waals surface area contributed by atoms with E-state index in [0.717, 1.165) is 27.6 Å². The minimum absolute atomic E-state index is 0.152. The summed E-state index contributed by atoms with van der Waals surface area (Å²) in [6.45, 7) is 1.95. The Bertz CT molecular complexity index is 1330. The Morgan fingerprint density at radius 3 is 2.72 bits per heavy atom. The second-order valence-corrected chi connectivity index (χ2v) is 6.85. The van der Waals surface area contributed by atoms with Gasteiger partial charge in [0.25, 0.3) is 5.91 Å². The highest BCUT2D eigenvalue weighted by Crippen LogP contribution is 2.28. The molecular weight excluding hydrogens is 362 g/mol. The number of nitrogens with one attached hydrogen (secondary N) is 1. The van der Waals surface area contributed by atoms with Gasteiger partial charge in [-0.1, -0.05) is 42.5 Å². The molecule has 140 valence electrons. The second-order valence-electron chi connectivity index (χ2n) is 6.85. The number of benzene rings is 3. The zero-order chi connectivity index (χ0) is 19.8. The van der Waals surface area contributed by atoms with Gasteiger partial charge in [-0.2, -0.15) is 4.98 Å². The van der Waals surface area contributed by atoms with Crippen molar-refractivity contribution in [1.82, 2.24) is 9.97 Å². The predicted molar refractivity (Wildman–Crippen MR) is 114 cm³/mol. The average molecular weight is 379 g/mol. The fraction of sp³-hybridized carbons (Fsp3) is 0.0417. The molecule has 0 unspecified atom stereocenters. The SMILES string of the molecule is Cc1ccc(-c2nc3ncccc3o2)cc1NC(=O)c1cccc2ccccc12. The number of rotatable bonds is 3. The number of anilines is 1. The number of pyridine rings is 1. The van der Waals surface area contributed by atoms with E-state index in [1.54, 1.807) is 6.20 Å².